The molecule has 2 N–H and O–H groups in total. The fourth-order valence-electron chi connectivity index (χ4n) is 2.25. The summed E-state index contributed by atoms with van der Waals surface area (Å²) in [4.78, 5) is 14.5. The Morgan fingerprint density at radius 1 is 1.23 bits per heavy atom. The summed E-state index contributed by atoms with van der Waals surface area (Å²) >= 11 is 5.81. The van der Waals surface area contributed by atoms with Crippen LogP contribution in [0.25, 0.3) is 10.8 Å². The van der Waals surface area contributed by atoms with Gasteiger partial charge in [-0.25, -0.2) is 4.99 Å². The van der Waals surface area contributed by atoms with E-state index in [-0.39, 0.29) is 11.8 Å². The normalized spacial score (nSPS) is 12.0. The van der Waals surface area contributed by atoms with Gasteiger partial charge in [0.05, 0.1) is 17.3 Å². The van der Waals surface area contributed by atoms with Crippen molar-refractivity contribution in [3.05, 3.63) is 69.4 Å². The van der Waals surface area contributed by atoms with Gasteiger partial charge in [0.25, 0.3) is 12.5 Å². The fourth-order valence-corrected chi connectivity index (χ4v) is 2.38. The third-order valence-corrected chi connectivity index (χ3v) is 3.63. The lowest BCUT2D eigenvalue weighted by atomic mass is 10.2. The highest BCUT2D eigenvalue weighted by atomic mass is 35.5. The average Bonchev–Trinajstić information content (AvgIpc) is 2.93. The molecule has 8 nitrogen and oxygen atoms in total. The molecule has 132 valence electrons. The van der Waals surface area contributed by atoms with Crippen LogP contribution in [0.15, 0.2) is 63.0 Å². The predicted molar refractivity (Wildman–Crippen MR) is 99.0 cm³/mol. The first-order chi connectivity index (χ1) is 12.5. The van der Waals surface area contributed by atoms with E-state index in [2.05, 4.69) is 15.5 Å². The second-order valence-corrected chi connectivity index (χ2v) is 5.65. The quantitative estimate of drug-likeness (QED) is 0.306. The van der Waals surface area contributed by atoms with Gasteiger partial charge in [0, 0.05) is 15.3 Å². The molecule has 1 aromatic heterocycles. The van der Waals surface area contributed by atoms with Gasteiger partial charge in [-0.05, 0) is 30.3 Å². The molecule has 0 aliphatic rings. The van der Waals surface area contributed by atoms with Crippen LogP contribution in [0.3, 0.4) is 0 Å². The lowest BCUT2D eigenvalue weighted by Gasteiger charge is -2.01. The zero-order valence-electron chi connectivity index (χ0n) is 13.3. The Morgan fingerprint density at radius 3 is 2.62 bits per heavy atom. The fraction of sp³-hybridized carbons (Fsp3) is 0.0588. The van der Waals surface area contributed by atoms with Crippen LogP contribution < -0.4 is 5.43 Å². The molecule has 0 saturated heterocycles. The Morgan fingerprint density at radius 2 is 1.92 bits per heavy atom. The van der Waals surface area contributed by atoms with E-state index in [0.29, 0.717) is 27.2 Å². The molecule has 0 aliphatic carbocycles. The van der Waals surface area contributed by atoms with Gasteiger partial charge in [-0.1, -0.05) is 29.8 Å². The molecule has 0 aliphatic heterocycles. The van der Waals surface area contributed by atoms with Gasteiger partial charge in [0.15, 0.2) is 11.6 Å². The minimum absolute atomic E-state index is 0.0358. The standard InChI is InChI=1S/C17H13ClN4O4/c18-11-5-7-12(8-6-11)20-16(10-22(24)25)21-19-9-15-13-3-1-2-4-14(13)17(23)26-15/h1-9,23H,10H2,(H,20,21)/b19-9-. The number of fused-ring (bicyclic) bond motifs is 1. The first-order valence-electron chi connectivity index (χ1n) is 7.47. The molecular formula is C17H13ClN4O4. The number of aliphatic imine (C=N–C) groups is 1. The van der Waals surface area contributed by atoms with Crippen molar-refractivity contribution in [2.45, 2.75) is 0 Å². The van der Waals surface area contributed by atoms with E-state index < -0.39 is 11.5 Å². The highest BCUT2D eigenvalue weighted by Gasteiger charge is 2.11. The number of nitro groups is 1. The maximum Gasteiger partial charge on any atom is 0.290 e. The van der Waals surface area contributed by atoms with Crippen LogP contribution in [-0.2, 0) is 0 Å². The van der Waals surface area contributed by atoms with Crippen LogP contribution >= 0.6 is 11.6 Å². The number of furan rings is 1. The summed E-state index contributed by atoms with van der Waals surface area (Å²) in [5.74, 6) is 0.133. The minimum Gasteiger partial charge on any atom is -0.480 e. The minimum atomic E-state index is -0.538. The van der Waals surface area contributed by atoms with Crippen molar-refractivity contribution in [1.82, 2.24) is 5.43 Å². The molecule has 0 radical (unpaired) electrons. The molecule has 0 atom stereocenters. The Balaban J connectivity index is 1.81. The highest BCUT2D eigenvalue weighted by molar-refractivity contribution is 6.30. The monoisotopic (exact) mass is 372 g/mol. The van der Waals surface area contributed by atoms with Crippen LogP contribution in [-0.4, -0.2) is 28.6 Å². The van der Waals surface area contributed by atoms with Crippen molar-refractivity contribution >= 4 is 40.1 Å². The van der Waals surface area contributed by atoms with E-state index in [1.807, 2.05) is 0 Å². The van der Waals surface area contributed by atoms with Crippen molar-refractivity contribution in [3.63, 3.8) is 0 Å². The molecule has 0 bridgehead atoms. The van der Waals surface area contributed by atoms with Crippen LogP contribution in [0, 0.1) is 10.1 Å². The number of aromatic hydroxyl groups is 1. The number of halogens is 1. The number of hydrogen-bond acceptors (Lipinski definition) is 6. The first kappa shape index (κ1) is 17.4. The number of rotatable bonds is 5. The van der Waals surface area contributed by atoms with E-state index in [1.165, 1.54) is 6.21 Å². The van der Waals surface area contributed by atoms with Gasteiger partial charge >= 0.3 is 0 Å². The molecule has 3 aromatic rings. The average molecular weight is 373 g/mol. The molecule has 0 unspecified atom stereocenters. The van der Waals surface area contributed by atoms with E-state index in [1.54, 1.807) is 48.5 Å². The second-order valence-electron chi connectivity index (χ2n) is 5.21. The largest absolute Gasteiger partial charge is 0.480 e. The van der Waals surface area contributed by atoms with Gasteiger partial charge in [-0.2, -0.15) is 5.10 Å². The second kappa shape index (κ2) is 7.66. The Hall–Kier alpha value is -3.39. The summed E-state index contributed by atoms with van der Waals surface area (Å²) in [5, 5.41) is 26.3. The number of amidine groups is 1. The lowest BCUT2D eigenvalue weighted by Crippen LogP contribution is -2.26. The third-order valence-electron chi connectivity index (χ3n) is 3.37. The maximum atomic E-state index is 10.8. The summed E-state index contributed by atoms with van der Waals surface area (Å²) in [6.45, 7) is -0.538. The topological polar surface area (TPSA) is 113 Å². The summed E-state index contributed by atoms with van der Waals surface area (Å²) < 4.78 is 5.24. The number of hydrogen-bond donors (Lipinski definition) is 2. The number of hydrazone groups is 1. The third kappa shape index (κ3) is 4.17. The van der Waals surface area contributed by atoms with E-state index in [9.17, 15) is 15.2 Å². The zero-order valence-corrected chi connectivity index (χ0v) is 14.1. The van der Waals surface area contributed by atoms with E-state index in [4.69, 9.17) is 16.0 Å². The molecule has 0 saturated carbocycles. The summed E-state index contributed by atoms with van der Waals surface area (Å²) in [6.07, 6.45) is 1.32. The summed E-state index contributed by atoms with van der Waals surface area (Å²) in [6, 6.07) is 13.6. The van der Waals surface area contributed by atoms with Gasteiger partial charge in [0.1, 0.15) is 0 Å². The van der Waals surface area contributed by atoms with Crippen molar-refractivity contribution in [3.8, 4) is 5.95 Å². The molecule has 9 heteroatoms. The lowest BCUT2D eigenvalue weighted by molar-refractivity contribution is -0.463. The number of benzene rings is 2. The molecule has 2 aromatic carbocycles. The molecule has 0 fully saturated rings. The Bertz CT molecular complexity index is 996. The zero-order chi connectivity index (χ0) is 18.5. The SMILES string of the molecule is O=[N+]([O-])CC(=Nc1ccc(Cl)cc1)N/N=C\c1oc(O)c2ccccc12. The van der Waals surface area contributed by atoms with Crippen molar-refractivity contribution < 1.29 is 14.4 Å². The Labute approximate surface area is 152 Å². The molecule has 26 heavy (non-hydrogen) atoms. The van der Waals surface area contributed by atoms with Crippen molar-refractivity contribution in [2.75, 3.05) is 6.54 Å². The number of nitrogens with one attached hydrogen (secondary N) is 1. The molecule has 0 amide bonds. The summed E-state index contributed by atoms with van der Waals surface area (Å²) in [5.41, 5.74) is 3.04. The van der Waals surface area contributed by atoms with Gasteiger partial charge in [-0.15, -0.1) is 0 Å². The van der Waals surface area contributed by atoms with E-state index in [0.717, 1.165) is 0 Å². The van der Waals surface area contributed by atoms with Gasteiger partial charge in [0.2, 0.25) is 0 Å². The smallest absolute Gasteiger partial charge is 0.290 e. The van der Waals surface area contributed by atoms with Crippen molar-refractivity contribution in [1.29, 1.82) is 0 Å². The van der Waals surface area contributed by atoms with Crippen LogP contribution in [0.2, 0.25) is 5.02 Å². The van der Waals surface area contributed by atoms with Gasteiger partial charge < -0.3 is 9.52 Å². The predicted octanol–water partition coefficient (Wildman–Crippen LogP) is 3.72. The number of nitrogens with zero attached hydrogens (tertiary/aromatic N) is 3. The molecule has 0 spiro atoms. The van der Waals surface area contributed by atoms with E-state index >= 15 is 0 Å². The Kier molecular flexibility index (Phi) is 5.14. The molecular weight excluding hydrogens is 360 g/mol. The molecule has 3 rings (SSSR count). The first-order valence-corrected chi connectivity index (χ1v) is 7.85. The van der Waals surface area contributed by atoms with Crippen LogP contribution in [0.4, 0.5) is 5.69 Å². The summed E-state index contributed by atoms with van der Waals surface area (Å²) in [7, 11) is 0. The van der Waals surface area contributed by atoms with Gasteiger partial charge in [-0.3, -0.25) is 15.5 Å². The highest BCUT2D eigenvalue weighted by Crippen LogP contribution is 2.29. The molecule has 1 heterocycles. The van der Waals surface area contributed by atoms with Crippen LogP contribution in [0.5, 0.6) is 5.95 Å². The van der Waals surface area contributed by atoms with Crippen molar-refractivity contribution in [2.24, 2.45) is 10.1 Å². The van der Waals surface area contributed by atoms with Crippen LogP contribution in [0.1, 0.15) is 5.76 Å². The maximum absolute atomic E-state index is 10.8.